The number of hydrogen-bond acceptors (Lipinski definition) is 3. The normalized spacial score (nSPS) is 14.9. The number of esters is 1. The second-order valence-corrected chi connectivity index (χ2v) is 4.18. The second-order valence-electron chi connectivity index (χ2n) is 4.18. The first kappa shape index (κ1) is 11.2. The summed E-state index contributed by atoms with van der Waals surface area (Å²) in [5, 5.41) is 8.74. The molecule has 0 amide bonds. The van der Waals surface area contributed by atoms with E-state index in [4.69, 9.17) is 10.00 Å². The average molecular weight is 247 g/mol. The molecule has 3 nitrogen and oxygen atoms in total. The number of rotatable bonds is 1. The van der Waals surface area contributed by atoms with Crippen molar-refractivity contribution in [3.05, 3.63) is 70.8 Å². The SMILES string of the molecule is N#Cc1ccc(C=C2OC(=O)c3ccccc32)cc1. The molecule has 1 aliphatic heterocycles. The molecule has 0 unspecified atom stereocenters. The van der Waals surface area contributed by atoms with E-state index >= 15 is 0 Å². The molecule has 0 bridgehead atoms. The molecular formula is C16H9NO2. The molecule has 0 aromatic heterocycles. The molecule has 0 N–H and O–H groups in total. The van der Waals surface area contributed by atoms with E-state index in [9.17, 15) is 4.79 Å². The fraction of sp³-hybridized carbons (Fsp3) is 0. The highest BCUT2D eigenvalue weighted by atomic mass is 16.5. The third kappa shape index (κ3) is 2.00. The summed E-state index contributed by atoms with van der Waals surface area (Å²) < 4.78 is 5.25. The van der Waals surface area contributed by atoms with Crippen LogP contribution in [0.1, 0.15) is 27.0 Å². The molecule has 2 aromatic carbocycles. The predicted molar refractivity (Wildman–Crippen MR) is 70.9 cm³/mol. The van der Waals surface area contributed by atoms with E-state index in [2.05, 4.69) is 6.07 Å². The Morgan fingerprint density at radius 3 is 2.37 bits per heavy atom. The van der Waals surface area contributed by atoms with Crippen LogP contribution < -0.4 is 0 Å². The van der Waals surface area contributed by atoms with Crippen LogP contribution in [-0.4, -0.2) is 5.97 Å². The lowest BCUT2D eigenvalue weighted by atomic mass is 10.1. The molecule has 3 heteroatoms. The van der Waals surface area contributed by atoms with Gasteiger partial charge in [-0.1, -0.05) is 30.3 Å². The number of carbonyl (C=O) groups is 1. The molecule has 1 aliphatic rings. The van der Waals surface area contributed by atoms with Gasteiger partial charge in [-0.15, -0.1) is 0 Å². The van der Waals surface area contributed by atoms with Crippen molar-refractivity contribution in [3.63, 3.8) is 0 Å². The van der Waals surface area contributed by atoms with Crippen molar-refractivity contribution in [1.29, 1.82) is 5.26 Å². The van der Waals surface area contributed by atoms with Gasteiger partial charge >= 0.3 is 5.97 Å². The topological polar surface area (TPSA) is 50.1 Å². The fourth-order valence-corrected chi connectivity index (χ4v) is 2.00. The summed E-state index contributed by atoms with van der Waals surface area (Å²) in [7, 11) is 0. The van der Waals surface area contributed by atoms with E-state index in [0.717, 1.165) is 11.1 Å². The number of carbonyl (C=O) groups excluding carboxylic acids is 1. The summed E-state index contributed by atoms with van der Waals surface area (Å²) in [6.07, 6.45) is 1.80. The minimum atomic E-state index is -0.324. The van der Waals surface area contributed by atoms with E-state index in [1.807, 2.05) is 30.3 Å². The largest absolute Gasteiger partial charge is 0.422 e. The van der Waals surface area contributed by atoms with Gasteiger partial charge < -0.3 is 4.74 Å². The first-order valence-corrected chi connectivity index (χ1v) is 5.81. The molecule has 90 valence electrons. The second kappa shape index (κ2) is 4.43. The Balaban J connectivity index is 2.01. The molecule has 0 atom stereocenters. The Kier molecular flexibility index (Phi) is 2.62. The highest BCUT2D eigenvalue weighted by Gasteiger charge is 2.25. The van der Waals surface area contributed by atoms with Gasteiger partial charge in [-0.3, -0.25) is 0 Å². The van der Waals surface area contributed by atoms with Crippen molar-refractivity contribution < 1.29 is 9.53 Å². The van der Waals surface area contributed by atoms with Crippen LogP contribution in [0.5, 0.6) is 0 Å². The van der Waals surface area contributed by atoms with Crippen molar-refractivity contribution in [1.82, 2.24) is 0 Å². The zero-order valence-electron chi connectivity index (χ0n) is 9.96. The number of nitriles is 1. The van der Waals surface area contributed by atoms with Gasteiger partial charge in [-0.05, 0) is 29.8 Å². The van der Waals surface area contributed by atoms with E-state index in [-0.39, 0.29) is 5.97 Å². The van der Waals surface area contributed by atoms with Crippen molar-refractivity contribution in [3.8, 4) is 6.07 Å². The lowest BCUT2D eigenvalue weighted by Crippen LogP contribution is -1.92. The maximum absolute atomic E-state index is 11.7. The minimum Gasteiger partial charge on any atom is -0.422 e. The van der Waals surface area contributed by atoms with Crippen LogP contribution in [0.4, 0.5) is 0 Å². The quantitative estimate of drug-likeness (QED) is 0.727. The van der Waals surface area contributed by atoms with Crippen LogP contribution in [0.25, 0.3) is 11.8 Å². The van der Waals surface area contributed by atoms with Crippen LogP contribution in [0.15, 0.2) is 48.5 Å². The van der Waals surface area contributed by atoms with Gasteiger partial charge in [0.25, 0.3) is 0 Å². The molecular weight excluding hydrogens is 238 g/mol. The third-order valence-electron chi connectivity index (χ3n) is 2.95. The van der Waals surface area contributed by atoms with Crippen molar-refractivity contribution >= 4 is 17.8 Å². The lowest BCUT2D eigenvalue weighted by molar-refractivity contribution is 0.0717. The monoisotopic (exact) mass is 247 g/mol. The van der Waals surface area contributed by atoms with Gasteiger partial charge in [0.1, 0.15) is 5.76 Å². The molecule has 19 heavy (non-hydrogen) atoms. The van der Waals surface area contributed by atoms with E-state index in [1.165, 1.54) is 0 Å². The van der Waals surface area contributed by atoms with Gasteiger partial charge in [0.05, 0.1) is 17.2 Å². The first-order valence-electron chi connectivity index (χ1n) is 5.81. The van der Waals surface area contributed by atoms with E-state index < -0.39 is 0 Å². The number of cyclic esters (lactones) is 1. The zero-order valence-corrected chi connectivity index (χ0v) is 9.96. The molecule has 0 fully saturated rings. The number of benzene rings is 2. The summed E-state index contributed by atoms with van der Waals surface area (Å²) in [6, 6.07) is 16.4. The summed E-state index contributed by atoms with van der Waals surface area (Å²) in [5.41, 5.74) is 2.88. The Bertz CT molecular complexity index is 721. The Morgan fingerprint density at radius 1 is 1.00 bits per heavy atom. The zero-order chi connectivity index (χ0) is 13.2. The smallest absolute Gasteiger partial charge is 0.344 e. The summed E-state index contributed by atoms with van der Waals surface area (Å²) >= 11 is 0. The van der Waals surface area contributed by atoms with Gasteiger partial charge in [-0.25, -0.2) is 4.79 Å². The van der Waals surface area contributed by atoms with Gasteiger partial charge in [-0.2, -0.15) is 5.26 Å². The number of fused-ring (bicyclic) bond motifs is 1. The highest BCUT2D eigenvalue weighted by molar-refractivity contribution is 6.05. The molecule has 0 aliphatic carbocycles. The van der Waals surface area contributed by atoms with Crippen LogP contribution in [0, 0.1) is 11.3 Å². The van der Waals surface area contributed by atoms with E-state index in [0.29, 0.717) is 16.9 Å². The van der Waals surface area contributed by atoms with E-state index in [1.54, 1.807) is 24.3 Å². The molecule has 0 spiro atoms. The van der Waals surface area contributed by atoms with Gasteiger partial charge in [0.15, 0.2) is 0 Å². The van der Waals surface area contributed by atoms with Gasteiger partial charge in [0, 0.05) is 5.56 Å². The van der Waals surface area contributed by atoms with Crippen molar-refractivity contribution in [2.24, 2.45) is 0 Å². The van der Waals surface area contributed by atoms with Crippen LogP contribution >= 0.6 is 0 Å². The Hall–Kier alpha value is -2.86. The predicted octanol–water partition coefficient (Wildman–Crippen LogP) is 3.23. The lowest BCUT2D eigenvalue weighted by Gasteiger charge is -1.99. The van der Waals surface area contributed by atoms with Crippen molar-refractivity contribution in [2.45, 2.75) is 0 Å². The van der Waals surface area contributed by atoms with Crippen LogP contribution in [0.2, 0.25) is 0 Å². The Morgan fingerprint density at radius 2 is 1.68 bits per heavy atom. The average Bonchev–Trinajstić information content (AvgIpc) is 2.77. The number of hydrogen-bond donors (Lipinski definition) is 0. The summed E-state index contributed by atoms with van der Waals surface area (Å²) in [5.74, 6) is 0.223. The Labute approximate surface area is 110 Å². The molecule has 0 saturated heterocycles. The molecule has 0 saturated carbocycles. The van der Waals surface area contributed by atoms with Crippen LogP contribution in [0.3, 0.4) is 0 Å². The highest BCUT2D eigenvalue weighted by Crippen LogP contribution is 2.30. The third-order valence-corrected chi connectivity index (χ3v) is 2.95. The standard InChI is InChI=1S/C16H9NO2/c17-10-12-7-5-11(6-8-12)9-15-13-3-1-2-4-14(13)16(18)19-15/h1-9H. The fourth-order valence-electron chi connectivity index (χ4n) is 2.00. The molecule has 1 heterocycles. The molecule has 0 radical (unpaired) electrons. The molecule has 2 aromatic rings. The molecule has 3 rings (SSSR count). The van der Waals surface area contributed by atoms with Crippen molar-refractivity contribution in [2.75, 3.05) is 0 Å². The maximum Gasteiger partial charge on any atom is 0.344 e. The summed E-state index contributed by atoms with van der Waals surface area (Å²) in [6.45, 7) is 0. The maximum atomic E-state index is 11.7. The first-order chi connectivity index (χ1) is 9.28. The number of nitrogens with zero attached hydrogens (tertiary/aromatic N) is 1. The van der Waals surface area contributed by atoms with Gasteiger partial charge in [0.2, 0.25) is 0 Å². The van der Waals surface area contributed by atoms with Crippen LogP contribution in [-0.2, 0) is 4.74 Å². The summed E-state index contributed by atoms with van der Waals surface area (Å²) in [4.78, 5) is 11.7. The number of ether oxygens (including phenoxy) is 1. The minimum absolute atomic E-state index is 0.324.